The number of carbonyl (C=O) groups is 1. The van der Waals surface area contributed by atoms with Crippen LogP contribution in [-0.4, -0.2) is 32.2 Å². The fourth-order valence-corrected chi connectivity index (χ4v) is 1.83. The van der Waals surface area contributed by atoms with E-state index in [9.17, 15) is 4.79 Å². The van der Waals surface area contributed by atoms with Crippen LogP contribution < -0.4 is 20.1 Å². The quantitative estimate of drug-likeness (QED) is 0.651. The zero-order valence-electron chi connectivity index (χ0n) is 13.2. The van der Waals surface area contributed by atoms with Crippen LogP contribution in [0.3, 0.4) is 0 Å². The molecule has 0 saturated heterocycles. The number of nitrogens with one attached hydrogen (secondary N) is 2. The highest BCUT2D eigenvalue weighted by Crippen LogP contribution is 2.29. The number of hydrogen-bond acceptors (Lipinski definition) is 4. The largest absolute Gasteiger partial charge is 0.494 e. The van der Waals surface area contributed by atoms with Crippen molar-refractivity contribution >= 4 is 11.6 Å². The fraction of sp³-hybridized carbons (Fsp3) is 0.562. The molecule has 0 aliphatic rings. The SMILES string of the molecule is CCCCNC(=O)CNc1cc(OCC)ccc1OCC. The predicted molar refractivity (Wildman–Crippen MR) is 85.2 cm³/mol. The van der Waals surface area contributed by atoms with E-state index >= 15 is 0 Å². The summed E-state index contributed by atoms with van der Waals surface area (Å²) in [6.45, 7) is 8.07. The third kappa shape index (κ3) is 6.38. The van der Waals surface area contributed by atoms with E-state index in [4.69, 9.17) is 9.47 Å². The third-order valence-corrected chi connectivity index (χ3v) is 2.85. The monoisotopic (exact) mass is 294 g/mol. The second kappa shape index (κ2) is 9.91. The van der Waals surface area contributed by atoms with Gasteiger partial charge in [-0.2, -0.15) is 0 Å². The molecule has 0 fully saturated rings. The van der Waals surface area contributed by atoms with E-state index in [1.807, 2.05) is 32.0 Å². The average Bonchev–Trinajstić information content (AvgIpc) is 2.48. The molecule has 0 atom stereocenters. The normalized spacial score (nSPS) is 10.0. The minimum Gasteiger partial charge on any atom is -0.494 e. The molecule has 5 nitrogen and oxygen atoms in total. The molecule has 0 heterocycles. The van der Waals surface area contributed by atoms with E-state index in [1.54, 1.807) is 0 Å². The molecule has 1 aromatic carbocycles. The Bertz CT molecular complexity index is 436. The first-order valence-electron chi connectivity index (χ1n) is 7.61. The molecule has 118 valence electrons. The van der Waals surface area contributed by atoms with Crippen LogP contribution in [0, 0.1) is 0 Å². The summed E-state index contributed by atoms with van der Waals surface area (Å²) < 4.78 is 11.0. The van der Waals surface area contributed by atoms with Crippen LogP contribution in [0.15, 0.2) is 18.2 Å². The maximum Gasteiger partial charge on any atom is 0.239 e. The van der Waals surface area contributed by atoms with Crippen molar-refractivity contribution in [2.24, 2.45) is 0 Å². The van der Waals surface area contributed by atoms with Gasteiger partial charge in [-0.25, -0.2) is 0 Å². The molecule has 0 aliphatic heterocycles. The van der Waals surface area contributed by atoms with Crippen LogP contribution >= 0.6 is 0 Å². The van der Waals surface area contributed by atoms with Gasteiger partial charge in [0.2, 0.25) is 5.91 Å². The van der Waals surface area contributed by atoms with E-state index in [1.165, 1.54) is 0 Å². The van der Waals surface area contributed by atoms with Crippen molar-refractivity contribution in [2.75, 3.05) is 31.6 Å². The molecular weight excluding hydrogens is 268 g/mol. The Morgan fingerprint density at radius 3 is 2.57 bits per heavy atom. The molecule has 0 saturated carbocycles. The van der Waals surface area contributed by atoms with Crippen molar-refractivity contribution in [2.45, 2.75) is 33.6 Å². The summed E-state index contributed by atoms with van der Waals surface area (Å²) >= 11 is 0. The number of unbranched alkanes of at least 4 members (excludes halogenated alkanes) is 1. The van der Waals surface area contributed by atoms with Gasteiger partial charge in [0.15, 0.2) is 0 Å². The summed E-state index contributed by atoms with van der Waals surface area (Å²) in [6.07, 6.45) is 2.06. The summed E-state index contributed by atoms with van der Waals surface area (Å²) in [5.41, 5.74) is 0.772. The summed E-state index contributed by atoms with van der Waals surface area (Å²) in [7, 11) is 0. The molecule has 0 bridgehead atoms. The lowest BCUT2D eigenvalue weighted by Crippen LogP contribution is -2.30. The van der Waals surface area contributed by atoms with Gasteiger partial charge in [0.25, 0.3) is 0 Å². The number of rotatable bonds is 10. The second-order valence-electron chi connectivity index (χ2n) is 4.58. The summed E-state index contributed by atoms with van der Waals surface area (Å²) in [5, 5.41) is 5.98. The highest BCUT2D eigenvalue weighted by molar-refractivity contribution is 5.81. The van der Waals surface area contributed by atoms with Crippen LogP contribution in [0.2, 0.25) is 0 Å². The Balaban J connectivity index is 2.61. The van der Waals surface area contributed by atoms with E-state index in [0.29, 0.717) is 19.8 Å². The van der Waals surface area contributed by atoms with Gasteiger partial charge in [0, 0.05) is 12.6 Å². The smallest absolute Gasteiger partial charge is 0.239 e. The van der Waals surface area contributed by atoms with Gasteiger partial charge < -0.3 is 20.1 Å². The lowest BCUT2D eigenvalue weighted by Gasteiger charge is -2.14. The summed E-state index contributed by atoms with van der Waals surface area (Å²) in [4.78, 5) is 11.7. The number of hydrogen-bond donors (Lipinski definition) is 2. The molecule has 0 radical (unpaired) electrons. The molecule has 5 heteroatoms. The highest BCUT2D eigenvalue weighted by atomic mass is 16.5. The standard InChI is InChI=1S/C16H26N2O3/c1-4-7-10-17-16(19)12-18-14-11-13(20-5-2)8-9-15(14)21-6-3/h8-9,11,18H,4-7,10,12H2,1-3H3,(H,17,19). The third-order valence-electron chi connectivity index (χ3n) is 2.85. The van der Waals surface area contributed by atoms with Crippen LogP contribution in [-0.2, 0) is 4.79 Å². The lowest BCUT2D eigenvalue weighted by atomic mass is 10.2. The molecule has 1 aromatic rings. The van der Waals surface area contributed by atoms with Crippen molar-refractivity contribution in [3.05, 3.63) is 18.2 Å². The van der Waals surface area contributed by atoms with Crippen molar-refractivity contribution in [1.29, 1.82) is 0 Å². The van der Waals surface area contributed by atoms with Crippen LogP contribution in [0.1, 0.15) is 33.6 Å². The molecule has 1 amide bonds. The average molecular weight is 294 g/mol. The number of ether oxygens (including phenoxy) is 2. The van der Waals surface area contributed by atoms with Gasteiger partial charge in [-0.15, -0.1) is 0 Å². The minimum atomic E-state index is -0.0206. The number of amides is 1. The minimum absolute atomic E-state index is 0.0206. The van der Waals surface area contributed by atoms with E-state index in [-0.39, 0.29) is 12.5 Å². The Hall–Kier alpha value is -1.91. The molecule has 0 aromatic heterocycles. The maximum atomic E-state index is 11.7. The molecular formula is C16H26N2O3. The maximum absolute atomic E-state index is 11.7. The molecule has 0 spiro atoms. The Labute approximate surface area is 127 Å². The van der Waals surface area contributed by atoms with E-state index < -0.39 is 0 Å². The fourth-order valence-electron chi connectivity index (χ4n) is 1.83. The molecule has 1 rings (SSSR count). The van der Waals surface area contributed by atoms with E-state index in [0.717, 1.165) is 30.0 Å². The number of carbonyl (C=O) groups excluding carboxylic acids is 1. The van der Waals surface area contributed by atoms with Crippen molar-refractivity contribution < 1.29 is 14.3 Å². The Morgan fingerprint density at radius 1 is 1.14 bits per heavy atom. The van der Waals surface area contributed by atoms with Gasteiger partial charge in [0.05, 0.1) is 25.4 Å². The van der Waals surface area contributed by atoms with Crippen LogP contribution in [0.5, 0.6) is 11.5 Å². The van der Waals surface area contributed by atoms with Crippen molar-refractivity contribution in [3.63, 3.8) is 0 Å². The van der Waals surface area contributed by atoms with Gasteiger partial charge >= 0.3 is 0 Å². The molecule has 21 heavy (non-hydrogen) atoms. The van der Waals surface area contributed by atoms with Crippen molar-refractivity contribution in [3.8, 4) is 11.5 Å². The summed E-state index contributed by atoms with van der Waals surface area (Å²) in [6, 6.07) is 5.57. The molecule has 2 N–H and O–H groups in total. The topological polar surface area (TPSA) is 59.6 Å². The Morgan fingerprint density at radius 2 is 1.90 bits per heavy atom. The van der Waals surface area contributed by atoms with Gasteiger partial charge in [0.1, 0.15) is 11.5 Å². The summed E-state index contributed by atoms with van der Waals surface area (Å²) in [5.74, 6) is 1.46. The molecule has 0 unspecified atom stereocenters. The van der Waals surface area contributed by atoms with Crippen LogP contribution in [0.4, 0.5) is 5.69 Å². The predicted octanol–water partition coefficient (Wildman–Crippen LogP) is 2.81. The lowest BCUT2D eigenvalue weighted by molar-refractivity contribution is -0.119. The van der Waals surface area contributed by atoms with Crippen LogP contribution in [0.25, 0.3) is 0 Å². The van der Waals surface area contributed by atoms with Gasteiger partial charge in [-0.05, 0) is 32.4 Å². The number of benzene rings is 1. The zero-order valence-corrected chi connectivity index (χ0v) is 13.2. The zero-order chi connectivity index (χ0) is 15.5. The first kappa shape index (κ1) is 17.1. The van der Waals surface area contributed by atoms with Crippen molar-refractivity contribution in [1.82, 2.24) is 5.32 Å². The Kier molecular flexibility index (Phi) is 8.09. The first-order chi connectivity index (χ1) is 10.2. The highest BCUT2D eigenvalue weighted by Gasteiger charge is 2.07. The molecule has 0 aliphatic carbocycles. The first-order valence-corrected chi connectivity index (χ1v) is 7.61. The number of anilines is 1. The van der Waals surface area contributed by atoms with Gasteiger partial charge in [-0.1, -0.05) is 13.3 Å². The van der Waals surface area contributed by atoms with E-state index in [2.05, 4.69) is 17.6 Å². The second-order valence-corrected chi connectivity index (χ2v) is 4.58. The van der Waals surface area contributed by atoms with Gasteiger partial charge in [-0.3, -0.25) is 4.79 Å².